The zero-order chi connectivity index (χ0) is 17.1. The maximum atomic E-state index is 12.3. The van der Waals surface area contributed by atoms with Gasteiger partial charge in [-0.05, 0) is 43.9 Å². The van der Waals surface area contributed by atoms with E-state index in [0.29, 0.717) is 31.1 Å². The molecule has 128 valence electrons. The lowest BCUT2D eigenvalue weighted by molar-refractivity contribution is -0.134. The number of benzene rings is 1. The van der Waals surface area contributed by atoms with Crippen LogP contribution < -0.4 is 10.6 Å². The molecule has 3 amide bonds. The van der Waals surface area contributed by atoms with Crippen molar-refractivity contribution in [1.29, 1.82) is 0 Å². The fourth-order valence-corrected chi connectivity index (χ4v) is 2.86. The fourth-order valence-electron chi connectivity index (χ4n) is 2.86. The third-order valence-corrected chi connectivity index (χ3v) is 4.49. The first-order valence-electron chi connectivity index (χ1n) is 8.51. The molecule has 2 fully saturated rings. The molecule has 1 saturated carbocycles. The van der Waals surface area contributed by atoms with Crippen molar-refractivity contribution < 1.29 is 14.4 Å². The van der Waals surface area contributed by atoms with Crippen LogP contribution in [0.25, 0.3) is 0 Å². The van der Waals surface area contributed by atoms with Gasteiger partial charge in [0.1, 0.15) is 6.04 Å². The first-order chi connectivity index (χ1) is 11.5. The van der Waals surface area contributed by atoms with Crippen LogP contribution in [-0.4, -0.2) is 41.2 Å². The molecule has 6 nitrogen and oxygen atoms in total. The first kappa shape index (κ1) is 16.5. The van der Waals surface area contributed by atoms with Gasteiger partial charge in [0, 0.05) is 24.7 Å². The molecule has 1 atom stereocenters. The molecule has 2 aliphatic rings. The summed E-state index contributed by atoms with van der Waals surface area (Å²) in [6.07, 6.45) is 3.84. The van der Waals surface area contributed by atoms with Crippen molar-refractivity contribution in [3.05, 3.63) is 29.8 Å². The lowest BCUT2D eigenvalue weighted by atomic mass is 10.1. The molecule has 0 spiro atoms. The molecule has 1 aliphatic heterocycles. The van der Waals surface area contributed by atoms with E-state index in [4.69, 9.17) is 0 Å². The number of carbonyl (C=O) groups is 3. The second-order valence-corrected chi connectivity index (χ2v) is 6.57. The Morgan fingerprint density at radius 1 is 1.25 bits per heavy atom. The monoisotopic (exact) mass is 329 g/mol. The molecule has 3 rings (SSSR count). The van der Waals surface area contributed by atoms with Crippen molar-refractivity contribution in [2.24, 2.45) is 0 Å². The summed E-state index contributed by atoms with van der Waals surface area (Å²) in [4.78, 5) is 37.4. The summed E-state index contributed by atoms with van der Waals surface area (Å²) in [5.41, 5.74) is 1.58. The summed E-state index contributed by atoms with van der Waals surface area (Å²) in [7, 11) is 0. The van der Waals surface area contributed by atoms with Gasteiger partial charge >= 0.3 is 0 Å². The van der Waals surface area contributed by atoms with E-state index in [1.807, 2.05) is 12.1 Å². The van der Waals surface area contributed by atoms with Crippen LogP contribution in [0, 0.1) is 0 Å². The van der Waals surface area contributed by atoms with Gasteiger partial charge in [-0.15, -0.1) is 0 Å². The summed E-state index contributed by atoms with van der Waals surface area (Å²) >= 11 is 0. The summed E-state index contributed by atoms with van der Waals surface area (Å²) < 4.78 is 0. The maximum absolute atomic E-state index is 12.3. The van der Waals surface area contributed by atoms with Crippen molar-refractivity contribution in [2.75, 3.05) is 11.9 Å². The molecule has 1 aromatic rings. The predicted molar refractivity (Wildman–Crippen MR) is 90.3 cm³/mol. The molecule has 1 heterocycles. The molecule has 1 saturated heterocycles. The maximum Gasteiger partial charge on any atom is 0.246 e. The Hall–Kier alpha value is -2.37. The lowest BCUT2D eigenvalue weighted by Crippen LogP contribution is -2.42. The predicted octanol–water partition coefficient (Wildman–Crippen LogP) is 1.46. The van der Waals surface area contributed by atoms with Crippen LogP contribution in [0.3, 0.4) is 0 Å². The van der Waals surface area contributed by atoms with Crippen molar-refractivity contribution in [1.82, 2.24) is 10.2 Å². The number of rotatable bonds is 6. The van der Waals surface area contributed by atoms with E-state index >= 15 is 0 Å². The normalized spacial score (nSPS) is 18.4. The molecule has 1 aliphatic carbocycles. The molecule has 24 heavy (non-hydrogen) atoms. The summed E-state index contributed by atoms with van der Waals surface area (Å²) in [6, 6.07) is 7.16. The van der Waals surface area contributed by atoms with Gasteiger partial charge in [-0.2, -0.15) is 0 Å². The van der Waals surface area contributed by atoms with Crippen molar-refractivity contribution in [3.63, 3.8) is 0 Å². The minimum Gasteiger partial charge on any atom is -0.353 e. The van der Waals surface area contributed by atoms with Gasteiger partial charge in [-0.1, -0.05) is 12.1 Å². The van der Waals surface area contributed by atoms with Crippen LogP contribution in [0.5, 0.6) is 0 Å². The van der Waals surface area contributed by atoms with Crippen LogP contribution in [0.15, 0.2) is 24.3 Å². The molecule has 2 N–H and O–H groups in total. The average molecular weight is 329 g/mol. The van der Waals surface area contributed by atoms with E-state index in [2.05, 4.69) is 10.6 Å². The van der Waals surface area contributed by atoms with Gasteiger partial charge in [-0.25, -0.2) is 0 Å². The lowest BCUT2D eigenvalue weighted by Gasteiger charge is -2.23. The summed E-state index contributed by atoms with van der Waals surface area (Å²) in [5.74, 6) is -0.116. The smallest absolute Gasteiger partial charge is 0.246 e. The highest BCUT2D eigenvalue weighted by atomic mass is 16.2. The molecule has 0 aromatic heterocycles. The molecule has 0 bridgehead atoms. The number of amides is 3. The van der Waals surface area contributed by atoms with Crippen LogP contribution >= 0.6 is 0 Å². The number of hydrogen-bond acceptors (Lipinski definition) is 3. The number of hydrogen-bond donors (Lipinski definition) is 2. The van der Waals surface area contributed by atoms with E-state index < -0.39 is 6.04 Å². The van der Waals surface area contributed by atoms with E-state index in [1.165, 1.54) is 0 Å². The van der Waals surface area contributed by atoms with E-state index in [0.717, 1.165) is 24.8 Å². The Morgan fingerprint density at radius 3 is 2.54 bits per heavy atom. The van der Waals surface area contributed by atoms with Gasteiger partial charge in [0.25, 0.3) is 0 Å². The van der Waals surface area contributed by atoms with Gasteiger partial charge in [0.2, 0.25) is 17.7 Å². The van der Waals surface area contributed by atoms with Gasteiger partial charge < -0.3 is 15.5 Å². The first-order valence-corrected chi connectivity index (χ1v) is 8.51. The van der Waals surface area contributed by atoms with Gasteiger partial charge in [0.05, 0.1) is 6.42 Å². The number of nitrogens with one attached hydrogen (secondary N) is 2. The Labute approximate surface area is 141 Å². The standard InChI is InChI=1S/C18H23N3O3/c1-12(21-10-2-3-17(21)23)18(24)20-15-6-4-13(5-7-15)11-16(22)19-14-8-9-14/h4-7,12,14H,2-3,8-11H2,1H3,(H,19,22)(H,20,24). The third kappa shape index (κ3) is 4.13. The number of anilines is 1. The highest BCUT2D eigenvalue weighted by Crippen LogP contribution is 2.19. The molecule has 1 aromatic carbocycles. The van der Waals surface area contributed by atoms with E-state index in [9.17, 15) is 14.4 Å². The van der Waals surface area contributed by atoms with Gasteiger partial charge in [0.15, 0.2) is 0 Å². The summed E-state index contributed by atoms with van der Waals surface area (Å²) in [5, 5.41) is 5.78. The number of nitrogens with zero attached hydrogens (tertiary/aromatic N) is 1. The number of likely N-dealkylation sites (tertiary alicyclic amines) is 1. The second-order valence-electron chi connectivity index (χ2n) is 6.57. The van der Waals surface area contributed by atoms with Crippen LogP contribution in [-0.2, 0) is 20.8 Å². The van der Waals surface area contributed by atoms with Gasteiger partial charge in [-0.3, -0.25) is 14.4 Å². The van der Waals surface area contributed by atoms with E-state index in [1.54, 1.807) is 24.0 Å². The zero-order valence-electron chi connectivity index (χ0n) is 13.9. The minimum absolute atomic E-state index is 0.0367. The molecule has 0 radical (unpaired) electrons. The Balaban J connectivity index is 1.52. The minimum atomic E-state index is -0.469. The van der Waals surface area contributed by atoms with Crippen molar-refractivity contribution in [3.8, 4) is 0 Å². The third-order valence-electron chi connectivity index (χ3n) is 4.49. The Bertz CT molecular complexity index is 637. The van der Waals surface area contributed by atoms with Crippen LogP contribution in [0.1, 0.15) is 38.2 Å². The Morgan fingerprint density at radius 2 is 1.96 bits per heavy atom. The van der Waals surface area contributed by atoms with Crippen molar-refractivity contribution in [2.45, 2.75) is 51.1 Å². The average Bonchev–Trinajstić information content (AvgIpc) is 3.26. The highest BCUT2D eigenvalue weighted by Gasteiger charge is 2.29. The largest absolute Gasteiger partial charge is 0.353 e. The zero-order valence-corrected chi connectivity index (χ0v) is 13.9. The van der Waals surface area contributed by atoms with E-state index in [-0.39, 0.29) is 17.7 Å². The molecular formula is C18H23N3O3. The highest BCUT2D eigenvalue weighted by molar-refractivity contribution is 5.97. The molecule has 6 heteroatoms. The summed E-state index contributed by atoms with van der Waals surface area (Å²) in [6.45, 7) is 2.39. The van der Waals surface area contributed by atoms with Crippen LogP contribution in [0.2, 0.25) is 0 Å². The fraction of sp³-hybridized carbons (Fsp3) is 0.500. The Kier molecular flexibility index (Phi) is 4.83. The van der Waals surface area contributed by atoms with Crippen LogP contribution in [0.4, 0.5) is 5.69 Å². The topological polar surface area (TPSA) is 78.5 Å². The molecule has 1 unspecified atom stereocenters. The van der Waals surface area contributed by atoms with Crippen molar-refractivity contribution >= 4 is 23.4 Å². The SMILES string of the molecule is CC(C(=O)Nc1ccc(CC(=O)NC2CC2)cc1)N1CCCC1=O. The number of carbonyl (C=O) groups excluding carboxylic acids is 3. The quantitative estimate of drug-likeness (QED) is 0.829. The second kappa shape index (κ2) is 7.03. The molecular weight excluding hydrogens is 306 g/mol.